The van der Waals surface area contributed by atoms with Gasteiger partial charge in [0.2, 0.25) is 12.6 Å². The molecule has 0 heterocycles. The summed E-state index contributed by atoms with van der Waals surface area (Å²) in [6, 6.07) is 0. The first-order valence-electron chi connectivity index (χ1n) is 7.83. The SMILES string of the molecule is CC(C)C(OOC(OOC(C)(C)C)C(C)C)OOC(C)(C)C. The molecule has 0 spiro atoms. The second kappa shape index (κ2) is 9.15. The van der Waals surface area contributed by atoms with Gasteiger partial charge in [-0.15, -0.1) is 0 Å². The molecular formula is C16H34O6. The molecule has 0 aliphatic carbocycles. The number of hydrogen-bond acceptors (Lipinski definition) is 6. The van der Waals surface area contributed by atoms with Gasteiger partial charge in [-0.3, -0.25) is 0 Å². The van der Waals surface area contributed by atoms with Crippen LogP contribution >= 0.6 is 0 Å². The van der Waals surface area contributed by atoms with Crippen LogP contribution < -0.4 is 0 Å². The Bertz CT molecular complexity index is 260. The van der Waals surface area contributed by atoms with Gasteiger partial charge in [-0.2, -0.15) is 9.78 Å². The Morgan fingerprint density at radius 1 is 0.500 bits per heavy atom. The Labute approximate surface area is 135 Å². The van der Waals surface area contributed by atoms with E-state index in [9.17, 15) is 0 Å². The summed E-state index contributed by atoms with van der Waals surface area (Å²) in [5.41, 5.74) is -0.862. The van der Waals surface area contributed by atoms with Gasteiger partial charge in [0, 0.05) is 11.8 Å². The first-order chi connectivity index (χ1) is 9.82. The monoisotopic (exact) mass is 322 g/mol. The third-order valence-electron chi connectivity index (χ3n) is 2.12. The number of rotatable bonds is 9. The fourth-order valence-corrected chi connectivity index (χ4v) is 0.970. The van der Waals surface area contributed by atoms with E-state index in [1.54, 1.807) is 0 Å². The van der Waals surface area contributed by atoms with Crippen LogP contribution in [0.25, 0.3) is 0 Å². The third kappa shape index (κ3) is 11.3. The second-order valence-corrected chi connectivity index (χ2v) is 8.00. The van der Waals surface area contributed by atoms with Crippen molar-refractivity contribution in [1.82, 2.24) is 0 Å². The van der Waals surface area contributed by atoms with Crippen LogP contribution in [0, 0.1) is 11.8 Å². The van der Waals surface area contributed by atoms with E-state index < -0.39 is 23.8 Å². The van der Waals surface area contributed by atoms with E-state index in [4.69, 9.17) is 29.3 Å². The normalized spacial score (nSPS) is 16.4. The lowest BCUT2D eigenvalue weighted by atomic mass is 10.2. The molecule has 2 atom stereocenters. The topological polar surface area (TPSA) is 55.4 Å². The lowest BCUT2D eigenvalue weighted by Crippen LogP contribution is -2.34. The Morgan fingerprint density at radius 2 is 0.773 bits per heavy atom. The highest BCUT2D eigenvalue weighted by atomic mass is 17.3. The molecule has 0 aromatic heterocycles. The molecule has 0 N–H and O–H groups in total. The molecule has 6 heteroatoms. The van der Waals surface area contributed by atoms with Crippen molar-refractivity contribution in [2.24, 2.45) is 11.8 Å². The molecule has 0 rings (SSSR count). The zero-order valence-corrected chi connectivity index (χ0v) is 15.8. The zero-order valence-electron chi connectivity index (χ0n) is 15.8. The maximum Gasteiger partial charge on any atom is 0.226 e. The first kappa shape index (κ1) is 21.8. The van der Waals surface area contributed by atoms with Crippen LogP contribution in [0.4, 0.5) is 0 Å². The minimum absolute atomic E-state index is 0.0405. The van der Waals surface area contributed by atoms with E-state index in [1.165, 1.54) is 0 Å². The minimum atomic E-state index is -0.668. The Balaban J connectivity index is 4.44. The van der Waals surface area contributed by atoms with Gasteiger partial charge in [0.15, 0.2) is 0 Å². The molecule has 0 radical (unpaired) electrons. The van der Waals surface area contributed by atoms with Crippen molar-refractivity contribution in [2.45, 2.75) is 93.0 Å². The van der Waals surface area contributed by atoms with Crippen LogP contribution in [0.5, 0.6) is 0 Å². The molecule has 0 aromatic rings. The molecule has 0 aliphatic heterocycles. The van der Waals surface area contributed by atoms with Crippen molar-refractivity contribution in [3.8, 4) is 0 Å². The summed E-state index contributed by atoms with van der Waals surface area (Å²) >= 11 is 0. The van der Waals surface area contributed by atoms with Crippen molar-refractivity contribution in [3.05, 3.63) is 0 Å². The molecule has 0 fully saturated rings. The van der Waals surface area contributed by atoms with Crippen LogP contribution in [0.15, 0.2) is 0 Å². The summed E-state index contributed by atoms with van der Waals surface area (Å²) in [6.45, 7) is 19.1. The summed E-state index contributed by atoms with van der Waals surface area (Å²) < 4.78 is 0. The van der Waals surface area contributed by atoms with Gasteiger partial charge >= 0.3 is 0 Å². The molecule has 0 saturated carbocycles. The molecule has 0 bridgehead atoms. The molecule has 0 saturated heterocycles. The smallest absolute Gasteiger partial charge is 0.226 e. The van der Waals surface area contributed by atoms with Gasteiger partial charge in [-0.1, -0.05) is 27.7 Å². The average Bonchev–Trinajstić information content (AvgIpc) is 2.28. The third-order valence-corrected chi connectivity index (χ3v) is 2.12. The van der Waals surface area contributed by atoms with E-state index >= 15 is 0 Å². The lowest BCUT2D eigenvalue weighted by molar-refractivity contribution is -0.545. The van der Waals surface area contributed by atoms with Gasteiger partial charge in [0.25, 0.3) is 0 Å². The zero-order chi connectivity index (χ0) is 17.6. The molecule has 0 amide bonds. The molecule has 6 nitrogen and oxygen atoms in total. The highest BCUT2D eigenvalue weighted by Gasteiger charge is 2.26. The van der Waals surface area contributed by atoms with E-state index in [2.05, 4.69) is 0 Å². The second-order valence-electron chi connectivity index (χ2n) is 8.00. The summed E-state index contributed by atoms with van der Waals surface area (Å²) in [5, 5.41) is 0. The molecular weight excluding hydrogens is 288 g/mol. The van der Waals surface area contributed by atoms with Gasteiger partial charge in [-0.25, -0.2) is 19.6 Å². The van der Waals surface area contributed by atoms with Crippen LogP contribution in [-0.2, 0) is 29.3 Å². The van der Waals surface area contributed by atoms with E-state index in [-0.39, 0.29) is 11.8 Å². The molecule has 0 aliphatic rings. The van der Waals surface area contributed by atoms with Crippen molar-refractivity contribution >= 4 is 0 Å². The van der Waals surface area contributed by atoms with Gasteiger partial charge in [-0.05, 0) is 41.5 Å². The van der Waals surface area contributed by atoms with E-state index in [0.717, 1.165) is 0 Å². The fourth-order valence-electron chi connectivity index (χ4n) is 0.970. The molecule has 134 valence electrons. The van der Waals surface area contributed by atoms with Gasteiger partial charge in [0.1, 0.15) is 0 Å². The first-order valence-corrected chi connectivity index (χ1v) is 7.83. The predicted molar refractivity (Wildman–Crippen MR) is 83.3 cm³/mol. The summed E-state index contributed by atoms with van der Waals surface area (Å²) in [7, 11) is 0. The van der Waals surface area contributed by atoms with Crippen molar-refractivity contribution in [3.63, 3.8) is 0 Å². The quantitative estimate of drug-likeness (QED) is 0.356. The van der Waals surface area contributed by atoms with Gasteiger partial charge in [0.05, 0.1) is 11.2 Å². The van der Waals surface area contributed by atoms with Crippen LogP contribution in [0.2, 0.25) is 0 Å². The average molecular weight is 322 g/mol. The van der Waals surface area contributed by atoms with Gasteiger partial charge < -0.3 is 0 Å². The molecule has 2 unspecified atom stereocenters. The van der Waals surface area contributed by atoms with Crippen molar-refractivity contribution in [2.75, 3.05) is 0 Å². The van der Waals surface area contributed by atoms with Crippen LogP contribution in [0.1, 0.15) is 69.2 Å². The predicted octanol–water partition coefficient (Wildman–Crippen LogP) is 4.39. The van der Waals surface area contributed by atoms with Crippen LogP contribution in [0.3, 0.4) is 0 Å². The largest absolute Gasteiger partial charge is 0.228 e. The molecule has 0 aromatic carbocycles. The lowest BCUT2D eigenvalue weighted by Gasteiger charge is -2.28. The Kier molecular flexibility index (Phi) is 9.05. The van der Waals surface area contributed by atoms with Crippen molar-refractivity contribution in [1.29, 1.82) is 0 Å². The van der Waals surface area contributed by atoms with Crippen molar-refractivity contribution < 1.29 is 29.3 Å². The maximum absolute atomic E-state index is 5.34. The Hall–Kier alpha value is -0.240. The standard InChI is InChI=1S/C16H34O6/c1-11(2)13(19-21-15(5,6)7)17-18-14(12(3)4)20-22-16(8,9)10/h11-14H,1-10H3. The number of hydrogen-bond donors (Lipinski definition) is 0. The summed E-state index contributed by atoms with van der Waals surface area (Å²) in [6.07, 6.45) is -1.34. The Morgan fingerprint density at radius 3 is 0.955 bits per heavy atom. The summed E-state index contributed by atoms with van der Waals surface area (Å²) in [5.74, 6) is 0.0809. The highest BCUT2D eigenvalue weighted by molar-refractivity contribution is 4.56. The molecule has 22 heavy (non-hydrogen) atoms. The fraction of sp³-hybridized carbons (Fsp3) is 1.00. The van der Waals surface area contributed by atoms with E-state index in [1.807, 2.05) is 69.2 Å². The minimum Gasteiger partial charge on any atom is -0.228 e. The summed E-state index contributed by atoms with van der Waals surface area (Å²) in [4.78, 5) is 31.8. The maximum atomic E-state index is 5.34. The highest BCUT2D eigenvalue weighted by Crippen LogP contribution is 2.19. The van der Waals surface area contributed by atoms with E-state index in [0.29, 0.717) is 0 Å². The van der Waals surface area contributed by atoms with Crippen LogP contribution in [-0.4, -0.2) is 23.8 Å².